The minimum atomic E-state index is -0.336. The average Bonchev–Trinajstić information content (AvgIpc) is 2.96. The van der Waals surface area contributed by atoms with Crippen molar-refractivity contribution in [2.45, 2.75) is 0 Å². The van der Waals surface area contributed by atoms with E-state index in [1.807, 2.05) is 73.6 Å². The summed E-state index contributed by atoms with van der Waals surface area (Å²) in [4.78, 5) is 14.1. The van der Waals surface area contributed by atoms with Crippen molar-refractivity contribution in [2.24, 2.45) is 0 Å². The number of nitrogens with zero attached hydrogens (tertiary/aromatic N) is 1. The monoisotopic (exact) mass is 321 g/mol. The number of rotatable bonds is 4. The number of benzene rings is 2. The summed E-state index contributed by atoms with van der Waals surface area (Å²) in [5.41, 5.74) is 3.45. The van der Waals surface area contributed by atoms with E-state index in [1.165, 1.54) is 0 Å². The maximum atomic E-state index is 12.1. The van der Waals surface area contributed by atoms with E-state index in [4.69, 9.17) is 9.47 Å². The Morgan fingerprint density at radius 2 is 1.67 bits per heavy atom. The third kappa shape index (κ3) is 3.33. The number of hydrogen-bond acceptors (Lipinski definition) is 4. The summed E-state index contributed by atoms with van der Waals surface area (Å²) in [6.45, 7) is 0. The first-order valence-corrected chi connectivity index (χ1v) is 7.64. The van der Waals surface area contributed by atoms with Gasteiger partial charge >= 0.3 is 5.97 Å². The average molecular weight is 321 g/mol. The molecule has 0 saturated carbocycles. The first-order valence-electron chi connectivity index (χ1n) is 7.64. The second-order valence-corrected chi connectivity index (χ2v) is 5.71. The van der Waals surface area contributed by atoms with E-state index in [9.17, 15) is 4.79 Å². The Morgan fingerprint density at radius 1 is 1.00 bits per heavy atom. The first kappa shape index (κ1) is 15.9. The molecule has 4 heteroatoms. The zero-order valence-electron chi connectivity index (χ0n) is 13.9. The fourth-order valence-electron chi connectivity index (χ4n) is 2.43. The molecule has 0 aliphatic carbocycles. The summed E-state index contributed by atoms with van der Waals surface area (Å²) in [5.74, 6) is 0.983. The van der Waals surface area contributed by atoms with Crippen LogP contribution < -0.4 is 9.64 Å². The molecule has 0 saturated heterocycles. The van der Waals surface area contributed by atoms with Crippen LogP contribution in [0.1, 0.15) is 11.1 Å². The van der Waals surface area contributed by atoms with Crippen LogP contribution in [0.15, 0.2) is 60.2 Å². The molecule has 0 spiro atoms. The van der Waals surface area contributed by atoms with Gasteiger partial charge < -0.3 is 14.4 Å². The van der Waals surface area contributed by atoms with E-state index in [-0.39, 0.29) is 5.97 Å². The summed E-state index contributed by atoms with van der Waals surface area (Å²) in [6.07, 6.45) is 3.60. The number of hydrogen-bond donors (Lipinski definition) is 0. The van der Waals surface area contributed by atoms with Gasteiger partial charge in [0.1, 0.15) is 11.5 Å². The maximum Gasteiger partial charge on any atom is 0.343 e. The highest BCUT2D eigenvalue weighted by molar-refractivity contribution is 6.05. The Hall–Kier alpha value is -3.01. The lowest BCUT2D eigenvalue weighted by Gasteiger charge is -2.11. The molecule has 1 aliphatic rings. The first-order chi connectivity index (χ1) is 11.6. The van der Waals surface area contributed by atoms with Gasteiger partial charge in [0.2, 0.25) is 0 Å². The second kappa shape index (κ2) is 6.62. The third-order valence-corrected chi connectivity index (χ3v) is 3.83. The highest BCUT2D eigenvalue weighted by Gasteiger charge is 2.21. The molecule has 0 unspecified atom stereocenters. The molecular formula is C20H19NO3. The van der Waals surface area contributed by atoms with Crippen molar-refractivity contribution >= 4 is 23.5 Å². The molecule has 1 aliphatic heterocycles. The van der Waals surface area contributed by atoms with Crippen LogP contribution in [-0.2, 0) is 9.53 Å². The van der Waals surface area contributed by atoms with E-state index in [1.54, 1.807) is 13.2 Å². The fraction of sp³-hybridized carbons (Fsp3) is 0.150. The van der Waals surface area contributed by atoms with Gasteiger partial charge in [0, 0.05) is 25.3 Å². The second-order valence-electron chi connectivity index (χ2n) is 5.71. The van der Waals surface area contributed by atoms with Crippen molar-refractivity contribution in [3.05, 3.63) is 71.3 Å². The Balaban J connectivity index is 1.85. The van der Waals surface area contributed by atoms with Crippen molar-refractivity contribution < 1.29 is 14.3 Å². The zero-order chi connectivity index (χ0) is 17.1. The van der Waals surface area contributed by atoms with Gasteiger partial charge in [0.15, 0.2) is 0 Å². The quantitative estimate of drug-likeness (QED) is 0.635. The lowest BCUT2D eigenvalue weighted by molar-refractivity contribution is -0.130. The van der Waals surface area contributed by atoms with Crippen LogP contribution in [-0.4, -0.2) is 27.2 Å². The van der Waals surface area contributed by atoms with E-state index >= 15 is 0 Å². The molecule has 122 valence electrons. The van der Waals surface area contributed by atoms with Crippen LogP contribution in [0.25, 0.3) is 11.8 Å². The highest BCUT2D eigenvalue weighted by atomic mass is 16.5. The van der Waals surface area contributed by atoms with Crippen LogP contribution in [0.5, 0.6) is 5.75 Å². The number of ether oxygens (including phenoxy) is 2. The number of cyclic esters (lactones) is 1. The molecule has 0 radical (unpaired) electrons. The predicted molar refractivity (Wildman–Crippen MR) is 95.8 cm³/mol. The van der Waals surface area contributed by atoms with Gasteiger partial charge in [0.05, 0.1) is 12.7 Å². The summed E-state index contributed by atoms with van der Waals surface area (Å²) < 4.78 is 10.5. The molecule has 2 aromatic carbocycles. The van der Waals surface area contributed by atoms with E-state index in [0.29, 0.717) is 11.3 Å². The largest absolute Gasteiger partial charge is 0.497 e. The number of esters is 1. The molecule has 0 amide bonds. The molecule has 2 aromatic rings. The molecular weight excluding hydrogens is 302 g/mol. The van der Waals surface area contributed by atoms with Gasteiger partial charge in [-0.25, -0.2) is 4.79 Å². The van der Waals surface area contributed by atoms with Crippen LogP contribution in [0.2, 0.25) is 0 Å². The van der Waals surface area contributed by atoms with E-state index in [0.717, 1.165) is 22.6 Å². The molecule has 24 heavy (non-hydrogen) atoms. The van der Waals surface area contributed by atoms with Crippen molar-refractivity contribution in [1.29, 1.82) is 0 Å². The number of carbonyl (C=O) groups is 1. The zero-order valence-corrected chi connectivity index (χ0v) is 13.9. The normalized spacial score (nSPS) is 15.2. The van der Waals surface area contributed by atoms with Crippen LogP contribution in [0.3, 0.4) is 0 Å². The van der Waals surface area contributed by atoms with Crippen molar-refractivity contribution in [1.82, 2.24) is 0 Å². The summed E-state index contributed by atoms with van der Waals surface area (Å²) in [7, 11) is 5.60. The van der Waals surface area contributed by atoms with E-state index in [2.05, 4.69) is 0 Å². The van der Waals surface area contributed by atoms with Gasteiger partial charge in [-0.1, -0.05) is 12.1 Å². The number of methoxy groups -OCH3 is 1. The fourth-order valence-corrected chi connectivity index (χ4v) is 2.43. The molecule has 0 fully saturated rings. The van der Waals surface area contributed by atoms with Gasteiger partial charge in [-0.05, 0) is 54.1 Å². The highest BCUT2D eigenvalue weighted by Crippen LogP contribution is 2.28. The van der Waals surface area contributed by atoms with Crippen molar-refractivity contribution in [3.8, 4) is 5.75 Å². The topological polar surface area (TPSA) is 38.8 Å². The standard InChI is InChI=1S/C20H19NO3/c1-21(2)17-8-4-14(5-9-17)12-16-13-19(24-20(16)22)15-6-10-18(23-3)11-7-15/h4-13H,1-3H3/b16-12-. The number of carbonyl (C=O) groups excluding carboxylic acids is 1. The Labute approximate surface area is 141 Å². The molecule has 0 aromatic heterocycles. The van der Waals surface area contributed by atoms with Gasteiger partial charge in [0.25, 0.3) is 0 Å². The van der Waals surface area contributed by atoms with Gasteiger partial charge in [-0.3, -0.25) is 0 Å². The lowest BCUT2D eigenvalue weighted by atomic mass is 10.1. The molecule has 0 atom stereocenters. The summed E-state index contributed by atoms with van der Waals surface area (Å²) in [6, 6.07) is 15.4. The lowest BCUT2D eigenvalue weighted by Crippen LogP contribution is -2.07. The van der Waals surface area contributed by atoms with Crippen molar-refractivity contribution in [2.75, 3.05) is 26.1 Å². The maximum absolute atomic E-state index is 12.1. The van der Waals surface area contributed by atoms with Crippen molar-refractivity contribution in [3.63, 3.8) is 0 Å². The number of anilines is 1. The Kier molecular flexibility index (Phi) is 4.38. The van der Waals surface area contributed by atoms with E-state index < -0.39 is 0 Å². The summed E-state index contributed by atoms with van der Waals surface area (Å²) >= 11 is 0. The summed E-state index contributed by atoms with van der Waals surface area (Å²) in [5, 5.41) is 0. The third-order valence-electron chi connectivity index (χ3n) is 3.83. The SMILES string of the molecule is COc1ccc(C2=C/C(=C/c3ccc(N(C)C)cc3)C(=O)O2)cc1. The van der Waals surface area contributed by atoms with Crippen LogP contribution in [0, 0.1) is 0 Å². The van der Waals surface area contributed by atoms with Crippen LogP contribution >= 0.6 is 0 Å². The Morgan fingerprint density at radius 3 is 2.25 bits per heavy atom. The minimum absolute atomic E-state index is 0.336. The minimum Gasteiger partial charge on any atom is -0.497 e. The van der Waals surface area contributed by atoms with Crippen LogP contribution in [0.4, 0.5) is 5.69 Å². The Bertz CT molecular complexity index is 800. The smallest absolute Gasteiger partial charge is 0.343 e. The molecule has 0 N–H and O–H groups in total. The molecule has 4 nitrogen and oxygen atoms in total. The van der Waals surface area contributed by atoms with Gasteiger partial charge in [-0.15, -0.1) is 0 Å². The molecule has 3 rings (SSSR count). The molecule has 1 heterocycles. The molecule has 0 bridgehead atoms. The van der Waals surface area contributed by atoms with Gasteiger partial charge in [-0.2, -0.15) is 0 Å². The predicted octanol–water partition coefficient (Wildman–Crippen LogP) is 3.74.